The predicted octanol–water partition coefficient (Wildman–Crippen LogP) is 2.73. The molecule has 0 fully saturated rings. The average Bonchev–Trinajstić information content (AvgIpc) is 1.88. The monoisotopic (exact) mass is 180 g/mol. The van der Waals surface area contributed by atoms with E-state index in [-0.39, 0.29) is 2.85 Å². The third-order valence-electron chi connectivity index (χ3n) is 1.02. The molecule has 0 amide bonds. The van der Waals surface area contributed by atoms with Crippen molar-refractivity contribution >= 4 is 7.60 Å². The van der Waals surface area contributed by atoms with Crippen molar-refractivity contribution in [2.75, 3.05) is 12.8 Å². The summed E-state index contributed by atoms with van der Waals surface area (Å²) in [7, 11) is -2.96. The topological polar surface area (TPSA) is 35.5 Å². The fourth-order valence-corrected chi connectivity index (χ4v) is 2.06. The van der Waals surface area contributed by atoms with Gasteiger partial charge in [-0.3, -0.25) is 4.52 Å². The first-order valence-corrected chi connectivity index (χ1v) is 5.29. The van der Waals surface area contributed by atoms with Crippen molar-refractivity contribution in [3.8, 4) is 12.5 Å². The molecule has 1 atom stereocenters. The molecule has 68 valence electrons. The molecule has 0 radical (unpaired) electrons. The van der Waals surface area contributed by atoms with Crippen LogP contribution in [-0.4, -0.2) is 12.8 Å². The molecule has 0 bridgehead atoms. The number of hydrogen-bond donors (Lipinski definition) is 0. The van der Waals surface area contributed by atoms with E-state index < -0.39 is 7.60 Å². The van der Waals surface area contributed by atoms with Crippen LogP contribution in [0.3, 0.4) is 0 Å². The Bertz CT molecular complexity index is 181. The minimum Gasteiger partial charge on any atom is -0.371 e. The fourth-order valence-electron chi connectivity index (χ4n) is 0.687. The van der Waals surface area contributed by atoms with Gasteiger partial charge in [0.1, 0.15) is 6.11 Å². The summed E-state index contributed by atoms with van der Waals surface area (Å²) in [6, 6.07) is 0. The maximum Gasteiger partial charge on any atom is 0.387 e. The molecule has 3 nitrogen and oxygen atoms in total. The van der Waals surface area contributed by atoms with E-state index in [1.165, 1.54) is 0 Å². The van der Waals surface area contributed by atoms with Crippen LogP contribution in [0.25, 0.3) is 0 Å². The van der Waals surface area contributed by atoms with Crippen molar-refractivity contribution in [3.63, 3.8) is 0 Å². The molecule has 4 heteroatoms. The van der Waals surface area contributed by atoms with Crippen molar-refractivity contribution in [3.05, 3.63) is 0 Å². The number of hydrogen-bond acceptors (Lipinski definition) is 3. The molecule has 0 aromatic heterocycles. The Labute approximate surface area is 70.6 Å². The number of terminal acetylenes is 1. The fraction of sp³-hybridized carbons (Fsp3) is 0.714. The van der Waals surface area contributed by atoms with Gasteiger partial charge in [0.05, 0.1) is 12.8 Å². The van der Waals surface area contributed by atoms with E-state index in [4.69, 9.17) is 10.9 Å². The van der Waals surface area contributed by atoms with Gasteiger partial charge in [-0.15, -0.1) is 0 Å². The lowest BCUT2D eigenvalue weighted by Crippen LogP contribution is -1.95. The number of rotatable bonds is 5. The molecular weight excluding hydrogens is 163 g/mol. The lowest BCUT2D eigenvalue weighted by atomic mass is 10.6. The van der Waals surface area contributed by atoms with Gasteiger partial charge in [-0.25, -0.2) is 4.57 Å². The zero-order chi connectivity index (χ0) is 8.74. The largest absolute Gasteiger partial charge is 0.387 e. The molecule has 0 saturated carbocycles. The molecule has 11 heavy (non-hydrogen) atoms. The summed E-state index contributed by atoms with van der Waals surface area (Å²) in [4.78, 5) is 0. The molecule has 0 aromatic rings. The van der Waals surface area contributed by atoms with Crippen molar-refractivity contribution in [2.24, 2.45) is 0 Å². The SMILES string of the molecule is C#COP(=O)(CCC)OCC.[HH].[HH]. The van der Waals surface area contributed by atoms with Gasteiger partial charge in [-0.1, -0.05) is 13.3 Å². The highest BCUT2D eigenvalue weighted by Gasteiger charge is 2.22. The Balaban J connectivity index is -0.000000500. The summed E-state index contributed by atoms with van der Waals surface area (Å²) in [5.41, 5.74) is 0. The molecule has 0 aromatic carbocycles. The second-order valence-electron chi connectivity index (χ2n) is 1.96. The van der Waals surface area contributed by atoms with Crippen LogP contribution in [0.1, 0.15) is 23.1 Å². The van der Waals surface area contributed by atoms with E-state index >= 15 is 0 Å². The molecule has 0 aliphatic carbocycles. The van der Waals surface area contributed by atoms with Crippen LogP contribution in [-0.2, 0) is 13.6 Å². The standard InChI is InChI=1S/C7H13O3P.2H2/c1-4-7-11(8,9-5-2)10-6-3;;/h2H,4,6-7H2,1,3H3;2*1H. The van der Waals surface area contributed by atoms with E-state index in [0.29, 0.717) is 12.8 Å². The summed E-state index contributed by atoms with van der Waals surface area (Å²) >= 11 is 0. The Kier molecular flexibility index (Phi) is 5.02. The Morgan fingerprint density at radius 2 is 2.27 bits per heavy atom. The van der Waals surface area contributed by atoms with Gasteiger partial charge < -0.3 is 4.52 Å². The maximum absolute atomic E-state index is 11.4. The summed E-state index contributed by atoms with van der Waals surface area (Å²) in [6.07, 6.45) is 7.86. The minimum atomic E-state index is -2.96. The molecule has 0 saturated heterocycles. The minimum absolute atomic E-state index is 0. The Morgan fingerprint density at radius 1 is 1.64 bits per heavy atom. The van der Waals surface area contributed by atoms with Crippen LogP contribution < -0.4 is 0 Å². The van der Waals surface area contributed by atoms with Gasteiger partial charge >= 0.3 is 7.60 Å². The first kappa shape index (κ1) is 10.6. The zero-order valence-corrected chi connectivity index (χ0v) is 7.77. The molecule has 0 N–H and O–H groups in total. The van der Waals surface area contributed by atoms with Crippen LogP contribution in [0.5, 0.6) is 0 Å². The van der Waals surface area contributed by atoms with Crippen LogP contribution >= 0.6 is 7.60 Å². The van der Waals surface area contributed by atoms with E-state index in [2.05, 4.69) is 4.52 Å². The molecule has 1 unspecified atom stereocenters. The summed E-state index contributed by atoms with van der Waals surface area (Å²) < 4.78 is 20.9. The first-order valence-electron chi connectivity index (χ1n) is 3.56. The maximum atomic E-state index is 11.4. The van der Waals surface area contributed by atoms with Gasteiger partial charge in [0.15, 0.2) is 0 Å². The van der Waals surface area contributed by atoms with Crippen LogP contribution in [0.4, 0.5) is 0 Å². The van der Waals surface area contributed by atoms with Crippen LogP contribution in [0, 0.1) is 12.5 Å². The van der Waals surface area contributed by atoms with Gasteiger partial charge in [0.25, 0.3) is 0 Å². The average molecular weight is 180 g/mol. The Morgan fingerprint density at radius 3 is 2.64 bits per heavy atom. The highest BCUT2D eigenvalue weighted by molar-refractivity contribution is 7.53. The summed E-state index contributed by atoms with van der Waals surface area (Å²) in [5, 5.41) is 0. The van der Waals surface area contributed by atoms with Crippen LogP contribution in [0.2, 0.25) is 0 Å². The zero-order valence-electron chi connectivity index (χ0n) is 6.87. The van der Waals surface area contributed by atoms with Gasteiger partial charge in [0, 0.05) is 2.85 Å². The lowest BCUT2D eigenvalue weighted by Gasteiger charge is -2.12. The highest BCUT2D eigenvalue weighted by Crippen LogP contribution is 2.47. The van der Waals surface area contributed by atoms with Crippen molar-refractivity contribution in [2.45, 2.75) is 20.3 Å². The molecule has 0 aliphatic heterocycles. The van der Waals surface area contributed by atoms with Gasteiger partial charge in [0.2, 0.25) is 0 Å². The third kappa shape index (κ3) is 4.08. The Hall–Kier alpha value is -0.450. The molecular formula is C7H17O3P. The third-order valence-corrected chi connectivity index (χ3v) is 3.05. The lowest BCUT2D eigenvalue weighted by molar-refractivity contribution is 0.269. The second kappa shape index (κ2) is 5.23. The van der Waals surface area contributed by atoms with E-state index in [1.807, 2.05) is 13.0 Å². The highest BCUT2D eigenvalue weighted by atomic mass is 31.2. The second-order valence-corrected chi connectivity index (χ2v) is 4.07. The van der Waals surface area contributed by atoms with Gasteiger partial charge in [-0.2, -0.15) is 0 Å². The van der Waals surface area contributed by atoms with Crippen molar-refractivity contribution in [1.29, 1.82) is 0 Å². The summed E-state index contributed by atoms with van der Waals surface area (Å²) in [6.45, 7) is 4.01. The predicted molar refractivity (Wildman–Crippen MR) is 48.5 cm³/mol. The summed E-state index contributed by atoms with van der Waals surface area (Å²) in [5.74, 6) is 0. The molecule has 0 heterocycles. The molecule has 0 rings (SSSR count). The van der Waals surface area contributed by atoms with Crippen LogP contribution in [0.15, 0.2) is 0 Å². The van der Waals surface area contributed by atoms with E-state index in [1.54, 1.807) is 6.92 Å². The quantitative estimate of drug-likeness (QED) is 0.482. The van der Waals surface area contributed by atoms with Crippen molar-refractivity contribution in [1.82, 2.24) is 0 Å². The van der Waals surface area contributed by atoms with Gasteiger partial charge in [-0.05, 0) is 13.3 Å². The first-order chi connectivity index (χ1) is 5.18. The molecule has 0 aliphatic rings. The smallest absolute Gasteiger partial charge is 0.371 e. The van der Waals surface area contributed by atoms with E-state index in [0.717, 1.165) is 6.42 Å². The van der Waals surface area contributed by atoms with Crippen molar-refractivity contribution < 1.29 is 16.5 Å². The normalized spacial score (nSPS) is 15.0. The van der Waals surface area contributed by atoms with E-state index in [9.17, 15) is 4.57 Å². The molecule has 0 spiro atoms.